The second-order valence-corrected chi connectivity index (χ2v) is 13.4. The Labute approximate surface area is 237 Å². The van der Waals surface area contributed by atoms with Gasteiger partial charge >= 0.3 is 0 Å². The van der Waals surface area contributed by atoms with Gasteiger partial charge in [-0.25, -0.2) is 0 Å². The summed E-state index contributed by atoms with van der Waals surface area (Å²) < 4.78 is 0. The van der Waals surface area contributed by atoms with Crippen LogP contribution in [0.4, 0.5) is 0 Å². The van der Waals surface area contributed by atoms with Gasteiger partial charge in [0.05, 0.1) is 0 Å². The zero-order valence-corrected chi connectivity index (χ0v) is 24.0. The van der Waals surface area contributed by atoms with Crippen LogP contribution < -0.4 is 5.32 Å². The van der Waals surface area contributed by atoms with Gasteiger partial charge in [0.1, 0.15) is 0 Å². The fourth-order valence-electron chi connectivity index (χ4n) is 9.01. The summed E-state index contributed by atoms with van der Waals surface area (Å²) in [5.41, 5.74) is 2.84. The second-order valence-electron chi connectivity index (χ2n) is 13.4. The summed E-state index contributed by atoms with van der Waals surface area (Å²) in [7, 11) is 0. The number of rotatable bonds is 9. The van der Waals surface area contributed by atoms with E-state index in [1.807, 2.05) is 0 Å². The highest BCUT2D eigenvalue weighted by Gasteiger charge is 2.45. The van der Waals surface area contributed by atoms with Crippen molar-refractivity contribution in [2.45, 2.75) is 95.4 Å². The average molecular weight is 527 g/mol. The Balaban J connectivity index is 1.08. The van der Waals surface area contributed by atoms with Gasteiger partial charge in [0.15, 0.2) is 0 Å². The van der Waals surface area contributed by atoms with Crippen molar-refractivity contribution in [1.82, 2.24) is 10.2 Å². The molecule has 3 aliphatic carbocycles. The molecule has 3 atom stereocenters. The summed E-state index contributed by atoms with van der Waals surface area (Å²) in [5.74, 6) is 3.81. The maximum absolute atomic E-state index is 14.0. The van der Waals surface area contributed by atoms with Crippen LogP contribution in [0.25, 0.3) is 0 Å². The van der Waals surface area contributed by atoms with Gasteiger partial charge in [-0.15, -0.1) is 0 Å². The lowest BCUT2D eigenvalue weighted by molar-refractivity contribution is -0.131. The Hall–Kier alpha value is -2.13. The molecule has 3 nitrogen and oxygen atoms in total. The average Bonchev–Trinajstić information content (AvgIpc) is 3.57. The molecule has 4 aliphatic rings. The third kappa shape index (κ3) is 6.45. The number of hydrogen-bond acceptors (Lipinski definition) is 2. The molecule has 3 saturated carbocycles. The van der Waals surface area contributed by atoms with E-state index in [1.54, 1.807) is 0 Å². The minimum absolute atomic E-state index is 0.277. The minimum Gasteiger partial charge on any atom is -0.353 e. The molecule has 0 radical (unpaired) electrons. The monoisotopic (exact) mass is 526 g/mol. The van der Waals surface area contributed by atoms with Crippen molar-refractivity contribution in [3.05, 3.63) is 71.8 Å². The lowest BCUT2D eigenvalue weighted by Gasteiger charge is -2.38. The van der Waals surface area contributed by atoms with Crippen molar-refractivity contribution >= 4 is 5.91 Å². The predicted octanol–water partition coefficient (Wildman–Crippen LogP) is 7.81. The third-order valence-corrected chi connectivity index (χ3v) is 11.0. The molecule has 210 valence electrons. The van der Waals surface area contributed by atoms with Crippen LogP contribution in [-0.2, 0) is 4.79 Å². The van der Waals surface area contributed by atoms with Crippen molar-refractivity contribution in [2.75, 3.05) is 19.6 Å². The van der Waals surface area contributed by atoms with Crippen LogP contribution in [0.5, 0.6) is 0 Å². The number of carbonyl (C=O) groups excluding carboxylic acids is 1. The Morgan fingerprint density at radius 3 is 1.85 bits per heavy atom. The maximum atomic E-state index is 14.0. The van der Waals surface area contributed by atoms with Crippen molar-refractivity contribution < 1.29 is 4.79 Å². The lowest BCUT2D eigenvalue weighted by atomic mass is 9.69. The fourth-order valence-corrected chi connectivity index (χ4v) is 9.01. The quantitative estimate of drug-likeness (QED) is 0.361. The van der Waals surface area contributed by atoms with Gasteiger partial charge < -0.3 is 10.2 Å². The van der Waals surface area contributed by atoms with E-state index in [0.717, 1.165) is 25.4 Å². The largest absolute Gasteiger partial charge is 0.353 e. The van der Waals surface area contributed by atoms with Gasteiger partial charge in [-0.2, -0.15) is 0 Å². The summed E-state index contributed by atoms with van der Waals surface area (Å²) in [4.78, 5) is 16.7. The van der Waals surface area contributed by atoms with Crippen LogP contribution in [0.2, 0.25) is 0 Å². The zero-order chi connectivity index (χ0) is 26.4. The molecule has 1 N–H and O–H groups in total. The topological polar surface area (TPSA) is 32.3 Å². The minimum atomic E-state index is 0.277. The van der Waals surface area contributed by atoms with Gasteiger partial charge in [-0.1, -0.05) is 99.2 Å². The van der Waals surface area contributed by atoms with E-state index in [-0.39, 0.29) is 5.92 Å². The van der Waals surface area contributed by atoms with E-state index in [2.05, 4.69) is 70.9 Å². The van der Waals surface area contributed by atoms with Crippen LogP contribution in [0.15, 0.2) is 60.7 Å². The summed E-state index contributed by atoms with van der Waals surface area (Å²) in [6.07, 6.45) is 16.8. The molecule has 4 fully saturated rings. The number of benzene rings is 2. The Morgan fingerprint density at radius 1 is 0.718 bits per heavy atom. The smallest absolute Gasteiger partial charge is 0.223 e. The van der Waals surface area contributed by atoms with E-state index in [9.17, 15) is 4.79 Å². The van der Waals surface area contributed by atoms with Gasteiger partial charge in [0.25, 0.3) is 0 Å². The van der Waals surface area contributed by atoms with Crippen molar-refractivity contribution in [3.8, 4) is 0 Å². The number of hydrogen-bond donors (Lipinski definition) is 1. The first-order valence-corrected chi connectivity index (χ1v) is 16.4. The maximum Gasteiger partial charge on any atom is 0.223 e. The van der Waals surface area contributed by atoms with Gasteiger partial charge in [0, 0.05) is 31.0 Å². The number of likely N-dealkylation sites (tertiary alicyclic amines) is 1. The van der Waals surface area contributed by atoms with Crippen molar-refractivity contribution in [2.24, 2.45) is 29.6 Å². The lowest BCUT2D eigenvalue weighted by Crippen LogP contribution is -2.47. The van der Waals surface area contributed by atoms with E-state index < -0.39 is 0 Å². The van der Waals surface area contributed by atoms with Crippen LogP contribution in [0.1, 0.15) is 101 Å². The highest BCUT2D eigenvalue weighted by molar-refractivity contribution is 5.79. The number of carbonyl (C=O) groups is 1. The molecule has 39 heavy (non-hydrogen) atoms. The molecular weight excluding hydrogens is 476 g/mol. The number of nitrogens with one attached hydrogen (secondary N) is 1. The van der Waals surface area contributed by atoms with Gasteiger partial charge in [0.2, 0.25) is 5.91 Å². The normalized spacial score (nSPS) is 26.8. The highest BCUT2D eigenvalue weighted by atomic mass is 16.2. The second kappa shape index (κ2) is 13.0. The molecule has 2 aromatic rings. The zero-order valence-electron chi connectivity index (χ0n) is 24.0. The van der Waals surface area contributed by atoms with Crippen LogP contribution in [0.3, 0.4) is 0 Å². The number of fused-ring (bicyclic) bond motifs is 1. The van der Waals surface area contributed by atoms with Crippen molar-refractivity contribution in [3.63, 3.8) is 0 Å². The first kappa shape index (κ1) is 27.1. The summed E-state index contributed by atoms with van der Waals surface area (Å²) >= 11 is 0. The first-order chi connectivity index (χ1) is 19.3. The van der Waals surface area contributed by atoms with E-state index in [1.165, 1.54) is 94.7 Å². The SMILES string of the molecule is O=C(N[C@@H]1CC[C@H]2CN(CCC(c3ccccc3)c3ccccc3)C[C@H]21)C(C1CCCCC1)C1CCCCC1. The third-order valence-electron chi connectivity index (χ3n) is 11.0. The van der Waals surface area contributed by atoms with E-state index in [4.69, 9.17) is 0 Å². The summed E-state index contributed by atoms with van der Waals surface area (Å²) in [6.45, 7) is 3.50. The fraction of sp³-hybridized carbons (Fsp3) is 0.639. The molecule has 1 heterocycles. The first-order valence-electron chi connectivity index (χ1n) is 16.4. The van der Waals surface area contributed by atoms with Crippen molar-refractivity contribution in [1.29, 1.82) is 0 Å². The van der Waals surface area contributed by atoms with E-state index >= 15 is 0 Å². The Kier molecular flexibility index (Phi) is 9.04. The molecule has 0 spiro atoms. The summed E-state index contributed by atoms with van der Waals surface area (Å²) in [6, 6.07) is 22.5. The van der Waals surface area contributed by atoms with Gasteiger partial charge in [-0.3, -0.25) is 4.79 Å². The van der Waals surface area contributed by atoms with Gasteiger partial charge in [-0.05, 0) is 86.3 Å². The van der Waals surface area contributed by atoms with Crippen LogP contribution in [0, 0.1) is 29.6 Å². The highest BCUT2D eigenvalue weighted by Crippen LogP contribution is 2.42. The standard InChI is InChI=1S/C36H50N2O/c39-36(35(29-17-9-3-10-18-29)30-19-11-4-12-20-30)37-34-22-21-31-25-38(26-33(31)34)24-23-32(27-13-5-1-6-14-27)28-15-7-2-8-16-28/h1-2,5-8,13-16,29-35H,3-4,9-12,17-26H2,(H,37,39)/t31-,33+,34+/m0/s1. The molecule has 0 aromatic heterocycles. The Morgan fingerprint density at radius 2 is 1.28 bits per heavy atom. The molecule has 1 saturated heterocycles. The predicted molar refractivity (Wildman–Crippen MR) is 161 cm³/mol. The molecular formula is C36H50N2O. The molecule has 2 aromatic carbocycles. The molecule has 1 aliphatic heterocycles. The molecule has 6 rings (SSSR count). The van der Waals surface area contributed by atoms with Crippen LogP contribution >= 0.6 is 0 Å². The molecule has 0 unspecified atom stereocenters. The summed E-state index contributed by atoms with van der Waals surface area (Å²) in [5, 5.41) is 3.72. The number of nitrogens with zero attached hydrogens (tertiary/aromatic N) is 1. The van der Waals surface area contributed by atoms with Crippen LogP contribution in [-0.4, -0.2) is 36.5 Å². The van der Waals surface area contributed by atoms with E-state index in [0.29, 0.717) is 35.6 Å². The molecule has 1 amide bonds. The molecule has 3 heteroatoms. The molecule has 0 bridgehead atoms. The Bertz CT molecular complexity index is 969. The number of amides is 1.